The van der Waals surface area contributed by atoms with Crippen LogP contribution in [-0.2, 0) is 5.41 Å². The first kappa shape index (κ1) is 14.1. The van der Waals surface area contributed by atoms with E-state index in [0.29, 0.717) is 6.04 Å². The zero-order chi connectivity index (χ0) is 14.7. The van der Waals surface area contributed by atoms with Gasteiger partial charge in [0.1, 0.15) is 5.82 Å². The molecular formula is C17H22FN3. The first-order valence-electron chi connectivity index (χ1n) is 7.60. The lowest BCUT2D eigenvalue weighted by Gasteiger charge is -2.21. The quantitative estimate of drug-likeness (QED) is 0.507. The Bertz CT molecular complexity index is 553. The number of benzene rings is 1. The Kier molecular flexibility index (Phi) is 3.95. The zero-order valence-corrected chi connectivity index (χ0v) is 12.4. The molecule has 2 N–H and O–H groups in total. The van der Waals surface area contributed by atoms with Crippen molar-refractivity contribution in [3.05, 3.63) is 47.8 Å². The SMILES string of the molecule is CN=C(NCC1(c2cccc(F)c2)CC1)NC1CC=CC1. The van der Waals surface area contributed by atoms with Gasteiger partial charge in [-0.1, -0.05) is 24.3 Å². The van der Waals surface area contributed by atoms with Gasteiger partial charge in [-0.2, -0.15) is 0 Å². The molecular weight excluding hydrogens is 265 g/mol. The highest BCUT2D eigenvalue weighted by Crippen LogP contribution is 2.47. The molecule has 112 valence electrons. The Balaban J connectivity index is 1.58. The van der Waals surface area contributed by atoms with Crippen molar-refractivity contribution < 1.29 is 4.39 Å². The Labute approximate surface area is 125 Å². The zero-order valence-electron chi connectivity index (χ0n) is 12.4. The maximum atomic E-state index is 13.4. The van der Waals surface area contributed by atoms with Crippen LogP contribution in [0.1, 0.15) is 31.2 Å². The van der Waals surface area contributed by atoms with Gasteiger partial charge in [0.15, 0.2) is 5.96 Å². The third-order valence-electron chi connectivity index (χ3n) is 4.46. The van der Waals surface area contributed by atoms with Crippen molar-refractivity contribution in [1.82, 2.24) is 10.6 Å². The van der Waals surface area contributed by atoms with Crippen LogP contribution in [0.3, 0.4) is 0 Å². The summed E-state index contributed by atoms with van der Waals surface area (Å²) >= 11 is 0. The monoisotopic (exact) mass is 287 g/mol. The van der Waals surface area contributed by atoms with Gasteiger partial charge in [-0.25, -0.2) is 4.39 Å². The van der Waals surface area contributed by atoms with Gasteiger partial charge in [-0.05, 0) is 43.4 Å². The standard InChI is InChI=1S/C17H22FN3/c1-19-16(21-15-7-2-3-8-15)20-12-17(9-10-17)13-5-4-6-14(18)11-13/h2-6,11,15H,7-10,12H2,1H3,(H2,19,20,21). The van der Waals surface area contributed by atoms with Crippen molar-refractivity contribution in [2.45, 2.75) is 37.1 Å². The minimum atomic E-state index is -0.154. The molecule has 1 fully saturated rings. The Hall–Kier alpha value is -1.84. The lowest BCUT2D eigenvalue weighted by molar-refractivity contribution is 0.594. The molecule has 21 heavy (non-hydrogen) atoms. The highest BCUT2D eigenvalue weighted by Gasteiger charge is 2.44. The smallest absolute Gasteiger partial charge is 0.191 e. The second-order valence-corrected chi connectivity index (χ2v) is 6.00. The van der Waals surface area contributed by atoms with Gasteiger partial charge in [-0.15, -0.1) is 0 Å². The first-order chi connectivity index (χ1) is 10.2. The second-order valence-electron chi connectivity index (χ2n) is 6.00. The van der Waals surface area contributed by atoms with Crippen molar-refractivity contribution in [3.8, 4) is 0 Å². The molecule has 0 amide bonds. The van der Waals surface area contributed by atoms with Crippen molar-refractivity contribution in [3.63, 3.8) is 0 Å². The number of halogens is 1. The van der Waals surface area contributed by atoms with Crippen LogP contribution in [0, 0.1) is 5.82 Å². The van der Waals surface area contributed by atoms with E-state index in [4.69, 9.17) is 0 Å². The molecule has 0 spiro atoms. The van der Waals surface area contributed by atoms with Crippen LogP contribution < -0.4 is 10.6 Å². The molecule has 3 nitrogen and oxygen atoms in total. The topological polar surface area (TPSA) is 36.4 Å². The lowest BCUT2D eigenvalue weighted by atomic mass is 9.96. The summed E-state index contributed by atoms with van der Waals surface area (Å²) in [6.45, 7) is 0.802. The first-order valence-corrected chi connectivity index (χ1v) is 7.60. The summed E-state index contributed by atoms with van der Waals surface area (Å²) in [5, 5.41) is 6.84. The van der Waals surface area contributed by atoms with E-state index in [0.717, 1.165) is 43.8 Å². The average molecular weight is 287 g/mol. The van der Waals surface area contributed by atoms with Crippen LogP contribution in [0.5, 0.6) is 0 Å². The molecule has 0 radical (unpaired) electrons. The van der Waals surface area contributed by atoms with E-state index in [1.807, 2.05) is 6.07 Å². The molecule has 3 rings (SSSR count). The fourth-order valence-electron chi connectivity index (χ4n) is 2.91. The lowest BCUT2D eigenvalue weighted by Crippen LogP contribution is -2.45. The van der Waals surface area contributed by atoms with Crippen LogP contribution >= 0.6 is 0 Å². The molecule has 0 atom stereocenters. The van der Waals surface area contributed by atoms with Gasteiger partial charge in [0.05, 0.1) is 0 Å². The van der Waals surface area contributed by atoms with Gasteiger partial charge in [0.2, 0.25) is 0 Å². The number of nitrogens with one attached hydrogen (secondary N) is 2. The largest absolute Gasteiger partial charge is 0.356 e. The Morgan fingerprint density at radius 2 is 2.10 bits per heavy atom. The summed E-state index contributed by atoms with van der Waals surface area (Å²) in [6, 6.07) is 7.42. The summed E-state index contributed by atoms with van der Waals surface area (Å²) < 4.78 is 13.4. The number of hydrogen-bond donors (Lipinski definition) is 2. The maximum absolute atomic E-state index is 13.4. The molecule has 1 aromatic carbocycles. The molecule has 1 saturated carbocycles. The van der Waals surface area contributed by atoms with Crippen LogP contribution in [0.4, 0.5) is 4.39 Å². The molecule has 1 aromatic rings. The van der Waals surface area contributed by atoms with Crippen molar-refractivity contribution in [2.24, 2.45) is 4.99 Å². The van der Waals surface area contributed by atoms with E-state index in [1.54, 1.807) is 19.2 Å². The maximum Gasteiger partial charge on any atom is 0.191 e. The number of rotatable bonds is 4. The second kappa shape index (κ2) is 5.88. The van der Waals surface area contributed by atoms with Crippen molar-refractivity contribution in [2.75, 3.05) is 13.6 Å². The molecule has 0 heterocycles. The van der Waals surface area contributed by atoms with E-state index >= 15 is 0 Å². The van der Waals surface area contributed by atoms with E-state index < -0.39 is 0 Å². The number of guanidine groups is 1. The summed E-state index contributed by atoms with van der Waals surface area (Å²) in [5.74, 6) is 0.685. The third-order valence-corrected chi connectivity index (χ3v) is 4.46. The van der Waals surface area contributed by atoms with Crippen molar-refractivity contribution in [1.29, 1.82) is 0 Å². The summed E-state index contributed by atoms with van der Waals surface area (Å²) in [6.07, 6.45) is 8.70. The molecule has 0 aromatic heterocycles. The molecule has 0 bridgehead atoms. The minimum absolute atomic E-state index is 0.0770. The van der Waals surface area contributed by atoms with Gasteiger partial charge in [0, 0.05) is 25.0 Å². The van der Waals surface area contributed by atoms with Gasteiger partial charge in [0.25, 0.3) is 0 Å². The minimum Gasteiger partial charge on any atom is -0.356 e. The predicted molar refractivity (Wildman–Crippen MR) is 84.0 cm³/mol. The van der Waals surface area contributed by atoms with Crippen LogP contribution in [0.25, 0.3) is 0 Å². The van der Waals surface area contributed by atoms with Crippen LogP contribution in [-0.4, -0.2) is 25.6 Å². The van der Waals surface area contributed by atoms with E-state index in [9.17, 15) is 4.39 Å². The Morgan fingerprint density at radius 3 is 2.71 bits per heavy atom. The summed E-state index contributed by atoms with van der Waals surface area (Å²) in [4.78, 5) is 4.29. The van der Waals surface area contributed by atoms with Crippen LogP contribution in [0.2, 0.25) is 0 Å². The highest BCUT2D eigenvalue weighted by atomic mass is 19.1. The predicted octanol–water partition coefficient (Wildman–Crippen LogP) is 2.74. The molecule has 2 aliphatic carbocycles. The number of aliphatic imine (C=N–C) groups is 1. The average Bonchev–Trinajstić information content (AvgIpc) is 3.12. The van der Waals surface area contributed by atoms with E-state index in [-0.39, 0.29) is 11.2 Å². The fourth-order valence-corrected chi connectivity index (χ4v) is 2.91. The number of nitrogens with zero attached hydrogens (tertiary/aromatic N) is 1. The van der Waals surface area contributed by atoms with E-state index in [2.05, 4.69) is 27.8 Å². The molecule has 0 unspecified atom stereocenters. The normalized spacial score (nSPS) is 20.6. The van der Waals surface area contributed by atoms with Gasteiger partial charge < -0.3 is 10.6 Å². The number of hydrogen-bond acceptors (Lipinski definition) is 1. The van der Waals surface area contributed by atoms with Crippen molar-refractivity contribution >= 4 is 5.96 Å². The summed E-state index contributed by atoms with van der Waals surface area (Å²) in [5.41, 5.74) is 1.17. The van der Waals surface area contributed by atoms with E-state index in [1.165, 1.54) is 6.07 Å². The molecule has 0 aliphatic heterocycles. The highest BCUT2D eigenvalue weighted by molar-refractivity contribution is 5.80. The van der Waals surface area contributed by atoms with Crippen LogP contribution in [0.15, 0.2) is 41.4 Å². The summed E-state index contributed by atoms with van der Waals surface area (Å²) in [7, 11) is 1.79. The Morgan fingerprint density at radius 1 is 1.33 bits per heavy atom. The fraction of sp³-hybridized carbons (Fsp3) is 0.471. The molecule has 2 aliphatic rings. The molecule has 4 heteroatoms. The van der Waals surface area contributed by atoms with Gasteiger partial charge >= 0.3 is 0 Å². The molecule has 0 saturated heterocycles. The van der Waals surface area contributed by atoms with Gasteiger partial charge in [-0.3, -0.25) is 4.99 Å². The third kappa shape index (κ3) is 3.26.